The van der Waals surface area contributed by atoms with Crippen molar-refractivity contribution < 1.29 is 23.8 Å². The number of esters is 2. The van der Waals surface area contributed by atoms with Gasteiger partial charge in [0, 0.05) is 6.61 Å². The van der Waals surface area contributed by atoms with Crippen LogP contribution in [-0.4, -0.2) is 32.8 Å². The third kappa shape index (κ3) is 6.65. The fourth-order valence-corrected chi connectivity index (χ4v) is 4.05. The van der Waals surface area contributed by atoms with Gasteiger partial charge in [-0.15, -0.1) is 0 Å². The molecular weight excluding hydrogens is 344 g/mol. The number of methoxy groups -OCH3 is 2. The lowest BCUT2D eigenvalue weighted by Gasteiger charge is -2.38. The number of carbonyl (C=O) groups excluding carboxylic acids is 2. The third-order valence-electron chi connectivity index (χ3n) is 5.74. The van der Waals surface area contributed by atoms with Gasteiger partial charge in [-0.3, -0.25) is 9.59 Å². The highest BCUT2D eigenvalue weighted by Crippen LogP contribution is 2.44. The van der Waals surface area contributed by atoms with E-state index in [1.807, 2.05) is 18.2 Å². The summed E-state index contributed by atoms with van der Waals surface area (Å²) >= 11 is 0. The van der Waals surface area contributed by atoms with Crippen LogP contribution in [-0.2, 0) is 30.4 Å². The summed E-state index contributed by atoms with van der Waals surface area (Å²) in [4.78, 5) is 23.9. The number of carbonyl (C=O) groups is 2. The van der Waals surface area contributed by atoms with Gasteiger partial charge >= 0.3 is 11.9 Å². The van der Waals surface area contributed by atoms with Crippen LogP contribution < -0.4 is 0 Å². The van der Waals surface area contributed by atoms with Crippen molar-refractivity contribution in [2.45, 2.75) is 58.0 Å². The van der Waals surface area contributed by atoms with E-state index in [1.165, 1.54) is 39.0 Å². The Morgan fingerprint density at radius 3 is 2.19 bits per heavy atom. The molecule has 0 aliphatic heterocycles. The van der Waals surface area contributed by atoms with Crippen LogP contribution in [0.15, 0.2) is 30.3 Å². The monoisotopic (exact) mass is 376 g/mol. The molecule has 150 valence electrons. The van der Waals surface area contributed by atoms with Crippen LogP contribution in [0.2, 0.25) is 0 Å². The molecule has 0 aromatic heterocycles. The molecule has 1 aliphatic carbocycles. The van der Waals surface area contributed by atoms with E-state index < -0.39 is 17.9 Å². The van der Waals surface area contributed by atoms with Gasteiger partial charge in [0.15, 0.2) is 5.92 Å². The van der Waals surface area contributed by atoms with Gasteiger partial charge in [0.05, 0.1) is 20.8 Å². The molecule has 0 bridgehead atoms. The van der Waals surface area contributed by atoms with Crippen LogP contribution in [0, 0.1) is 11.3 Å². The molecule has 0 unspecified atom stereocenters. The summed E-state index contributed by atoms with van der Waals surface area (Å²) in [6, 6.07) is 10.2. The fraction of sp³-hybridized carbons (Fsp3) is 0.636. The lowest BCUT2D eigenvalue weighted by molar-refractivity contribution is -0.159. The molecule has 5 heteroatoms. The molecule has 1 saturated carbocycles. The topological polar surface area (TPSA) is 61.8 Å². The van der Waals surface area contributed by atoms with Gasteiger partial charge in [-0.1, -0.05) is 49.6 Å². The number of hydrogen-bond donors (Lipinski definition) is 0. The highest BCUT2D eigenvalue weighted by Gasteiger charge is 2.36. The highest BCUT2D eigenvalue weighted by molar-refractivity contribution is 5.94. The fourth-order valence-electron chi connectivity index (χ4n) is 4.05. The quantitative estimate of drug-likeness (QED) is 0.346. The van der Waals surface area contributed by atoms with Gasteiger partial charge in [0.25, 0.3) is 0 Å². The minimum atomic E-state index is -0.830. The van der Waals surface area contributed by atoms with E-state index in [4.69, 9.17) is 14.2 Å². The molecule has 2 rings (SSSR count). The van der Waals surface area contributed by atoms with Gasteiger partial charge in [0.1, 0.15) is 0 Å². The third-order valence-corrected chi connectivity index (χ3v) is 5.74. The van der Waals surface area contributed by atoms with Crippen molar-refractivity contribution in [3.05, 3.63) is 35.9 Å². The Morgan fingerprint density at radius 1 is 0.963 bits per heavy atom. The van der Waals surface area contributed by atoms with E-state index >= 15 is 0 Å². The minimum Gasteiger partial charge on any atom is -0.468 e. The van der Waals surface area contributed by atoms with Crippen LogP contribution in [0.4, 0.5) is 0 Å². The highest BCUT2D eigenvalue weighted by atomic mass is 16.5. The largest absolute Gasteiger partial charge is 0.468 e. The lowest BCUT2D eigenvalue weighted by atomic mass is 9.68. The van der Waals surface area contributed by atoms with Crippen molar-refractivity contribution >= 4 is 11.9 Å². The van der Waals surface area contributed by atoms with Crippen molar-refractivity contribution in [1.29, 1.82) is 0 Å². The zero-order chi connectivity index (χ0) is 19.5. The average Bonchev–Trinajstić information content (AvgIpc) is 2.72. The van der Waals surface area contributed by atoms with Crippen molar-refractivity contribution in [1.82, 2.24) is 0 Å². The molecule has 0 radical (unpaired) electrons. The Kier molecular flexibility index (Phi) is 8.79. The Labute approximate surface area is 162 Å². The molecule has 1 aromatic carbocycles. The Balaban J connectivity index is 1.90. The summed E-state index contributed by atoms with van der Waals surface area (Å²) in [5.74, 6) is -1.84. The zero-order valence-electron chi connectivity index (χ0n) is 16.6. The van der Waals surface area contributed by atoms with Gasteiger partial charge in [-0.25, -0.2) is 0 Å². The minimum absolute atomic E-state index is 0.134. The summed E-state index contributed by atoms with van der Waals surface area (Å²) in [6.45, 7) is 1.31. The van der Waals surface area contributed by atoms with Gasteiger partial charge < -0.3 is 14.2 Å². The SMILES string of the molecule is COC(=O)C(CCC1(CCOCc2ccccc2)CCCCC1)C(=O)OC. The summed E-state index contributed by atoms with van der Waals surface area (Å²) in [5.41, 5.74) is 1.31. The molecule has 0 heterocycles. The maximum atomic E-state index is 12.0. The van der Waals surface area contributed by atoms with E-state index in [0.717, 1.165) is 25.7 Å². The smallest absolute Gasteiger partial charge is 0.320 e. The van der Waals surface area contributed by atoms with E-state index in [0.29, 0.717) is 19.6 Å². The molecule has 0 atom stereocenters. The Morgan fingerprint density at radius 2 is 1.59 bits per heavy atom. The summed E-state index contributed by atoms with van der Waals surface area (Å²) in [7, 11) is 2.62. The molecule has 0 spiro atoms. The average molecular weight is 376 g/mol. The first kappa shape index (κ1) is 21.4. The number of rotatable bonds is 10. The van der Waals surface area contributed by atoms with E-state index in [1.54, 1.807) is 0 Å². The van der Waals surface area contributed by atoms with Crippen LogP contribution in [0.3, 0.4) is 0 Å². The number of benzene rings is 1. The molecule has 0 amide bonds. The summed E-state index contributed by atoms with van der Waals surface area (Å²) < 4.78 is 15.5. The second kappa shape index (κ2) is 11.1. The van der Waals surface area contributed by atoms with E-state index in [9.17, 15) is 9.59 Å². The maximum absolute atomic E-state index is 12.0. The maximum Gasteiger partial charge on any atom is 0.320 e. The first-order chi connectivity index (χ1) is 13.1. The molecule has 27 heavy (non-hydrogen) atoms. The Hall–Kier alpha value is -1.88. The molecule has 1 aromatic rings. The Bertz CT molecular complexity index is 562. The van der Waals surface area contributed by atoms with Crippen molar-refractivity contribution in [2.75, 3.05) is 20.8 Å². The second-order valence-corrected chi connectivity index (χ2v) is 7.49. The van der Waals surface area contributed by atoms with E-state index in [-0.39, 0.29) is 5.41 Å². The predicted octanol–water partition coefficient (Wildman–Crippen LogP) is 4.29. The van der Waals surface area contributed by atoms with Gasteiger partial charge in [-0.2, -0.15) is 0 Å². The van der Waals surface area contributed by atoms with E-state index in [2.05, 4.69) is 12.1 Å². The molecule has 1 aliphatic rings. The first-order valence-corrected chi connectivity index (χ1v) is 9.87. The molecule has 0 N–H and O–H groups in total. The van der Waals surface area contributed by atoms with Crippen molar-refractivity contribution in [3.8, 4) is 0 Å². The predicted molar refractivity (Wildman–Crippen MR) is 103 cm³/mol. The van der Waals surface area contributed by atoms with Crippen molar-refractivity contribution in [3.63, 3.8) is 0 Å². The molecular formula is C22H32O5. The summed E-state index contributed by atoms with van der Waals surface area (Å²) in [6.07, 6.45) is 8.13. The molecule has 1 fully saturated rings. The van der Waals surface area contributed by atoms with Gasteiger partial charge in [-0.05, 0) is 43.1 Å². The standard InChI is InChI=1S/C22H32O5/c1-25-20(23)19(21(24)26-2)11-14-22(12-7-4-8-13-22)15-16-27-17-18-9-5-3-6-10-18/h3,5-6,9-10,19H,4,7-8,11-17H2,1-2H3. The number of hydrogen-bond acceptors (Lipinski definition) is 5. The lowest BCUT2D eigenvalue weighted by Crippen LogP contribution is -2.31. The first-order valence-electron chi connectivity index (χ1n) is 9.87. The zero-order valence-corrected chi connectivity index (χ0v) is 16.6. The van der Waals surface area contributed by atoms with Gasteiger partial charge in [0.2, 0.25) is 0 Å². The second-order valence-electron chi connectivity index (χ2n) is 7.49. The van der Waals surface area contributed by atoms with Crippen LogP contribution >= 0.6 is 0 Å². The molecule has 0 saturated heterocycles. The van der Waals surface area contributed by atoms with Crippen LogP contribution in [0.1, 0.15) is 56.9 Å². The molecule has 5 nitrogen and oxygen atoms in total. The normalized spacial score (nSPS) is 16.1. The summed E-state index contributed by atoms with van der Waals surface area (Å²) in [5, 5.41) is 0. The number of ether oxygens (including phenoxy) is 3. The van der Waals surface area contributed by atoms with Crippen molar-refractivity contribution in [2.24, 2.45) is 11.3 Å². The van der Waals surface area contributed by atoms with Crippen LogP contribution in [0.5, 0.6) is 0 Å². The van der Waals surface area contributed by atoms with Crippen LogP contribution in [0.25, 0.3) is 0 Å².